The summed E-state index contributed by atoms with van der Waals surface area (Å²) in [6.07, 6.45) is 0. The number of carbonyl (C=O) groups is 2. The summed E-state index contributed by atoms with van der Waals surface area (Å²) < 4.78 is 5.96. The second kappa shape index (κ2) is 7.01. The van der Waals surface area contributed by atoms with Crippen molar-refractivity contribution in [3.05, 3.63) is 94.5 Å². The Kier molecular flexibility index (Phi) is 4.38. The van der Waals surface area contributed by atoms with Crippen LogP contribution in [-0.2, 0) is 6.61 Å². The maximum Gasteiger partial charge on any atom is 0.266 e. The summed E-state index contributed by atoms with van der Waals surface area (Å²) in [5.41, 5.74) is 2.90. The van der Waals surface area contributed by atoms with Crippen molar-refractivity contribution in [1.29, 1.82) is 5.26 Å². The number of amides is 2. The van der Waals surface area contributed by atoms with E-state index in [9.17, 15) is 14.9 Å². The molecule has 0 saturated carbocycles. The number of rotatable bonds is 4. The maximum atomic E-state index is 13.0. The number of anilines is 1. The largest absolute Gasteiger partial charge is 0.487 e. The van der Waals surface area contributed by atoms with Crippen molar-refractivity contribution in [3.63, 3.8) is 0 Å². The summed E-state index contributed by atoms with van der Waals surface area (Å²) in [4.78, 5) is 27.0. The van der Waals surface area contributed by atoms with Crippen LogP contribution in [0.2, 0.25) is 0 Å². The molecule has 4 rings (SSSR count). The van der Waals surface area contributed by atoms with Crippen LogP contribution in [0, 0.1) is 18.3 Å². The minimum atomic E-state index is -0.414. The third-order valence-electron chi connectivity index (χ3n) is 4.77. The number of imide groups is 1. The van der Waals surface area contributed by atoms with Gasteiger partial charge in [-0.1, -0.05) is 42.5 Å². The van der Waals surface area contributed by atoms with Gasteiger partial charge in [0.05, 0.1) is 28.4 Å². The molecule has 28 heavy (non-hydrogen) atoms. The van der Waals surface area contributed by atoms with Crippen molar-refractivity contribution in [2.45, 2.75) is 13.5 Å². The highest BCUT2D eigenvalue weighted by Crippen LogP contribution is 2.39. The van der Waals surface area contributed by atoms with Gasteiger partial charge in [-0.2, -0.15) is 5.26 Å². The van der Waals surface area contributed by atoms with Crippen LogP contribution in [0.3, 0.4) is 0 Å². The minimum absolute atomic E-state index is 0.280. The number of fused-ring (bicyclic) bond motifs is 1. The van der Waals surface area contributed by atoms with Gasteiger partial charge in [-0.25, -0.2) is 4.90 Å². The van der Waals surface area contributed by atoms with Gasteiger partial charge >= 0.3 is 0 Å². The first-order chi connectivity index (χ1) is 13.6. The molecular formula is C23H16N2O3. The van der Waals surface area contributed by atoms with Gasteiger partial charge in [0.2, 0.25) is 0 Å². The van der Waals surface area contributed by atoms with Crippen molar-refractivity contribution in [2.75, 3.05) is 4.90 Å². The van der Waals surface area contributed by atoms with Crippen LogP contribution < -0.4 is 9.64 Å². The lowest BCUT2D eigenvalue weighted by atomic mass is 10.1. The number of ether oxygens (including phenoxy) is 1. The Morgan fingerprint density at radius 3 is 2.11 bits per heavy atom. The molecule has 5 heteroatoms. The van der Waals surface area contributed by atoms with Gasteiger partial charge in [-0.3, -0.25) is 9.59 Å². The fourth-order valence-electron chi connectivity index (χ4n) is 3.32. The maximum absolute atomic E-state index is 13.0. The third-order valence-corrected chi connectivity index (χ3v) is 4.77. The topological polar surface area (TPSA) is 70.4 Å². The molecule has 2 amide bonds. The highest BCUT2D eigenvalue weighted by molar-refractivity contribution is 6.35. The molecule has 1 heterocycles. The molecule has 1 aliphatic rings. The third kappa shape index (κ3) is 2.81. The van der Waals surface area contributed by atoms with Crippen molar-refractivity contribution in [2.24, 2.45) is 0 Å². The molecule has 0 aliphatic carbocycles. The molecule has 0 aromatic heterocycles. The van der Waals surface area contributed by atoms with E-state index in [0.29, 0.717) is 33.7 Å². The molecule has 0 atom stereocenters. The number of hydrogen-bond acceptors (Lipinski definition) is 4. The SMILES string of the molecule is Cc1c(C#N)ccc(OCc2ccccc2)c1N1C(=O)c2ccccc2C1=O. The second-order valence-corrected chi connectivity index (χ2v) is 6.46. The van der Waals surface area contributed by atoms with Gasteiger partial charge in [-0.15, -0.1) is 0 Å². The highest BCUT2D eigenvalue weighted by Gasteiger charge is 2.39. The van der Waals surface area contributed by atoms with E-state index < -0.39 is 11.8 Å². The minimum Gasteiger partial charge on any atom is -0.487 e. The van der Waals surface area contributed by atoms with Crippen LogP contribution in [0.25, 0.3) is 0 Å². The fraction of sp³-hybridized carbons (Fsp3) is 0.0870. The van der Waals surface area contributed by atoms with Crippen LogP contribution in [0.4, 0.5) is 5.69 Å². The van der Waals surface area contributed by atoms with Crippen LogP contribution in [0.15, 0.2) is 66.7 Å². The van der Waals surface area contributed by atoms with Gasteiger partial charge < -0.3 is 4.74 Å². The predicted molar refractivity (Wildman–Crippen MR) is 104 cm³/mol. The molecule has 136 valence electrons. The smallest absolute Gasteiger partial charge is 0.266 e. The van der Waals surface area contributed by atoms with Crippen LogP contribution >= 0.6 is 0 Å². The van der Waals surface area contributed by atoms with Crippen molar-refractivity contribution < 1.29 is 14.3 Å². The molecule has 1 aliphatic heterocycles. The lowest BCUT2D eigenvalue weighted by molar-refractivity contribution is 0.0924. The van der Waals surface area contributed by atoms with Gasteiger partial charge in [0.25, 0.3) is 11.8 Å². The molecule has 0 unspecified atom stereocenters. The molecule has 5 nitrogen and oxygen atoms in total. The Labute approximate surface area is 162 Å². The Morgan fingerprint density at radius 2 is 1.50 bits per heavy atom. The number of carbonyl (C=O) groups excluding carboxylic acids is 2. The van der Waals surface area contributed by atoms with E-state index in [1.807, 2.05) is 30.3 Å². The normalized spacial score (nSPS) is 12.6. The summed E-state index contributed by atoms with van der Waals surface area (Å²) in [5.74, 6) is -0.443. The summed E-state index contributed by atoms with van der Waals surface area (Å²) in [7, 11) is 0. The molecule has 0 N–H and O–H groups in total. The molecule has 0 fully saturated rings. The van der Waals surface area contributed by atoms with E-state index in [4.69, 9.17) is 4.74 Å². The quantitative estimate of drug-likeness (QED) is 0.646. The fourth-order valence-corrected chi connectivity index (χ4v) is 3.32. The van der Waals surface area contributed by atoms with E-state index in [1.165, 1.54) is 0 Å². The van der Waals surface area contributed by atoms with Gasteiger partial charge in [-0.05, 0) is 42.3 Å². The zero-order valence-electron chi connectivity index (χ0n) is 15.2. The number of hydrogen-bond donors (Lipinski definition) is 0. The van der Waals surface area contributed by atoms with Crippen LogP contribution in [0.1, 0.15) is 37.4 Å². The van der Waals surface area contributed by atoms with Crippen molar-refractivity contribution in [1.82, 2.24) is 0 Å². The molecule has 3 aromatic carbocycles. The molecule has 3 aromatic rings. The summed E-state index contributed by atoms with van der Waals surface area (Å²) in [5, 5.41) is 9.41. The lowest BCUT2D eigenvalue weighted by Gasteiger charge is -2.21. The van der Waals surface area contributed by atoms with Gasteiger partial charge in [0, 0.05) is 0 Å². The Morgan fingerprint density at radius 1 is 0.893 bits per heavy atom. The van der Waals surface area contributed by atoms with E-state index in [2.05, 4.69) is 6.07 Å². The Bertz CT molecular complexity index is 1100. The zero-order chi connectivity index (χ0) is 19.7. The van der Waals surface area contributed by atoms with Gasteiger partial charge in [0.1, 0.15) is 12.4 Å². The van der Waals surface area contributed by atoms with Gasteiger partial charge in [0.15, 0.2) is 0 Å². The number of nitriles is 1. The van der Waals surface area contributed by atoms with Crippen LogP contribution in [0.5, 0.6) is 5.75 Å². The van der Waals surface area contributed by atoms with E-state index >= 15 is 0 Å². The molecular weight excluding hydrogens is 352 g/mol. The van der Waals surface area contributed by atoms with Crippen molar-refractivity contribution in [3.8, 4) is 11.8 Å². The van der Waals surface area contributed by atoms with E-state index in [0.717, 1.165) is 10.5 Å². The molecule has 0 spiro atoms. The lowest BCUT2D eigenvalue weighted by Crippen LogP contribution is -2.30. The number of nitrogens with zero attached hydrogens (tertiary/aromatic N) is 2. The second-order valence-electron chi connectivity index (χ2n) is 6.46. The monoisotopic (exact) mass is 368 g/mol. The van der Waals surface area contributed by atoms with E-state index in [-0.39, 0.29) is 6.61 Å². The summed E-state index contributed by atoms with van der Waals surface area (Å²) in [6, 6.07) is 21.7. The van der Waals surface area contributed by atoms with E-state index in [1.54, 1.807) is 43.3 Å². The highest BCUT2D eigenvalue weighted by atomic mass is 16.5. The first kappa shape index (κ1) is 17.5. The Hall–Kier alpha value is -3.91. The Balaban J connectivity index is 1.78. The first-order valence-electron chi connectivity index (χ1n) is 8.80. The molecule has 0 radical (unpaired) electrons. The average molecular weight is 368 g/mol. The standard InChI is InChI=1S/C23H16N2O3/c1-15-17(13-24)11-12-20(28-14-16-7-3-2-4-8-16)21(15)25-22(26)18-9-5-6-10-19(18)23(25)27/h2-12H,14H2,1H3. The summed E-state index contributed by atoms with van der Waals surface area (Å²) >= 11 is 0. The number of benzene rings is 3. The summed E-state index contributed by atoms with van der Waals surface area (Å²) in [6.45, 7) is 2.00. The first-order valence-corrected chi connectivity index (χ1v) is 8.80. The van der Waals surface area contributed by atoms with Crippen LogP contribution in [-0.4, -0.2) is 11.8 Å². The molecule has 0 saturated heterocycles. The molecule has 0 bridgehead atoms. The predicted octanol–water partition coefficient (Wildman–Crippen LogP) is 4.25. The average Bonchev–Trinajstić information content (AvgIpc) is 2.98. The zero-order valence-corrected chi connectivity index (χ0v) is 15.2. The van der Waals surface area contributed by atoms with Crippen molar-refractivity contribution >= 4 is 17.5 Å².